The van der Waals surface area contributed by atoms with E-state index in [-0.39, 0.29) is 5.50 Å². The fourth-order valence-corrected chi connectivity index (χ4v) is 3.66. The lowest BCUT2D eigenvalue weighted by Crippen LogP contribution is -2.41. The molecule has 80 valence electrons. The van der Waals surface area contributed by atoms with Gasteiger partial charge < -0.3 is 4.74 Å². The highest BCUT2D eigenvalue weighted by Crippen LogP contribution is 2.48. The standard InChI is InChI=1S/C12H23BO/c1-11-7-3-5-9-12(13-11,14-2)10-6-4-8-11/h13H,3-10H2,1-2H3. The van der Waals surface area contributed by atoms with Crippen molar-refractivity contribution in [3.63, 3.8) is 0 Å². The summed E-state index contributed by atoms with van der Waals surface area (Å²) in [5, 5.41) is 0.586. The molecule has 0 amide bonds. The smallest absolute Gasteiger partial charge is 0.168 e. The predicted octanol–water partition coefficient (Wildman–Crippen LogP) is 3.09. The van der Waals surface area contributed by atoms with E-state index in [1.807, 2.05) is 7.11 Å². The van der Waals surface area contributed by atoms with Gasteiger partial charge in [-0.25, -0.2) is 0 Å². The Bertz CT molecular complexity index is 190. The Morgan fingerprint density at radius 2 is 1.43 bits per heavy atom. The molecule has 0 aromatic heterocycles. The molecule has 2 saturated heterocycles. The van der Waals surface area contributed by atoms with Gasteiger partial charge in [-0.15, -0.1) is 0 Å². The predicted molar refractivity (Wildman–Crippen MR) is 62.2 cm³/mol. The monoisotopic (exact) mass is 194 g/mol. The summed E-state index contributed by atoms with van der Waals surface area (Å²) in [4.78, 5) is 0. The molecular weight excluding hydrogens is 171 g/mol. The van der Waals surface area contributed by atoms with Crippen LogP contribution in [0, 0.1) is 0 Å². The van der Waals surface area contributed by atoms with Gasteiger partial charge in [-0.2, -0.15) is 0 Å². The molecule has 2 heterocycles. The number of methoxy groups -OCH3 is 1. The van der Waals surface area contributed by atoms with Crippen LogP contribution in [-0.2, 0) is 4.74 Å². The zero-order valence-corrected chi connectivity index (χ0v) is 9.77. The number of ether oxygens (including phenoxy) is 1. The van der Waals surface area contributed by atoms with Crippen molar-refractivity contribution in [2.24, 2.45) is 0 Å². The molecule has 2 heteroatoms. The first-order valence-corrected chi connectivity index (χ1v) is 6.23. The fraction of sp³-hybridized carbons (Fsp3) is 1.00. The zero-order chi connectivity index (χ0) is 10.1. The summed E-state index contributed by atoms with van der Waals surface area (Å²) in [7, 11) is 3.24. The van der Waals surface area contributed by atoms with Crippen LogP contribution in [0.15, 0.2) is 0 Å². The SMILES string of the molecule is COC12BC(C)(CCCC1)CCCC2. The van der Waals surface area contributed by atoms with E-state index in [1.165, 1.54) is 58.6 Å². The van der Waals surface area contributed by atoms with E-state index in [4.69, 9.17) is 4.74 Å². The third-order valence-corrected chi connectivity index (χ3v) is 4.51. The van der Waals surface area contributed by atoms with E-state index in [0.717, 1.165) is 0 Å². The van der Waals surface area contributed by atoms with Crippen LogP contribution in [0.4, 0.5) is 0 Å². The lowest BCUT2D eigenvalue weighted by atomic mass is 9.42. The van der Waals surface area contributed by atoms with Gasteiger partial charge in [-0.05, 0) is 12.8 Å². The van der Waals surface area contributed by atoms with Crippen molar-refractivity contribution in [1.82, 2.24) is 0 Å². The first kappa shape index (κ1) is 10.5. The van der Waals surface area contributed by atoms with Crippen molar-refractivity contribution in [3.8, 4) is 0 Å². The van der Waals surface area contributed by atoms with E-state index >= 15 is 0 Å². The molecule has 2 aliphatic rings. The Kier molecular flexibility index (Phi) is 2.92. The first-order valence-electron chi connectivity index (χ1n) is 6.23. The lowest BCUT2D eigenvalue weighted by molar-refractivity contribution is 0.0435. The molecule has 0 atom stereocenters. The van der Waals surface area contributed by atoms with Crippen LogP contribution < -0.4 is 0 Å². The number of fused-ring (bicyclic) bond motifs is 2. The average molecular weight is 194 g/mol. The summed E-state index contributed by atoms with van der Waals surface area (Å²) < 4.78 is 5.87. The second-order valence-electron chi connectivity index (χ2n) is 5.79. The normalized spacial score (nSPS) is 43.6. The summed E-state index contributed by atoms with van der Waals surface area (Å²) >= 11 is 0. The van der Waals surface area contributed by atoms with Crippen molar-refractivity contribution in [2.45, 2.75) is 69.1 Å². The van der Waals surface area contributed by atoms with Crippen LogP contribution >= 0.6 is 0 Å². The van der Waals surface area contributed by atoms with Crippen LogP contribution in [0.25, 0.3) is 0 Å². The van der Waals surface area contributed by atoms with Gasteiger partial charge in [0.1, 0.15) is 0 Å². The fourth-order valence-electron chi connectivity index (χ4n) is 3.66. The Morgan fingerprint density at radius 3 is 1.93 bits per heavy atom. The molecule has 2 rings (SSSR count). The Hall–Kier alpha value is 0.0249. The van der Waals surface area contributed by atoms with E-state index in [9.17, 15) is 0 Å². The molecule has 2 fully saturated rings. The molecule has 0 N–H and O–H groups in total. The molecule has 0 spiro atoms. The second kappa shape index (κ2) is 3.88. The Labute approximate surface area is 88.8 Å². The molecule has 2 bridgehead atoms. The summed E-state index contributed by atoms with van der Waals surface area (Å²) in [5.74, 6) is 0. The van der Waals surface area contributed by atoms with Crippen molar-refractivity contribution in [1.29, 1.82) is 0 Å². The van der Waals surface area contributed by atoms with Gasteiger partial charge in [0.2, 0.25) is 0 Å². The van der Waals surface area contributed by atoms with Crippen LogP contribution in [0.5, 0.6) is 0 Å². The summed E-state index contributed by atoms with van der Waals surface area (Å²) in [6, 6.07) is 0. The highest BCUT2D eigenvalue weighted by atomic mass is 16.5. The minimum Gasteiger partial charge on any atom is -0.387 e. The molecule has 14 heavy (non-hydrogen) atoms. The van der Waals surface area contributed by atoms with E-state index in [2.05, 4.69) is 6.92 Å². The number of hydrogen-bond donors (Lipinski definition) is 0. The topological polar surface area (TPSA) is 9.23 Å². The number of hydrogen-bond acceptors (Lipinski definition) is 1. The molecule has 0 radical (unpaired) electrons. The van der Waals surface area contributed by atoms with Crippen molar-refractivity contribution in [3.05, 3.63) is 0 Å². The largest absolute Gasteiger partial charge is 0.387 e. The Balaban J connectivity index is 2.20. The van der Waals surface area contributed by atoms with Crippen LogP contribution in [0.3, 0.4) is 0 Å². The zero-order valence-electron chi connectivity index (χ0n) is 9.77. The third-order valence-electron chi connectivity index (χ3n) is 4.51. The van der Waals surface area contributed by atoms with Crippen LogP contribution in [0.1, 0.15) is 58.3 Å². The van der Waals surface area contributed by atoms with E-state index < -0.39 is 0 Å². The van der Waals surface area contributed by atoms with Gasteiger partial charge in [0.25, 0.3) is 0 Å². The molecule has 0 unspecified atom stereocenters. The minimum atomic E-state index is 0.252. The molecule has 0 aliphatic carbocycles. The number of rotatable bonds is 1. The van der Waals surface area contributed by atoms with Gasteiger partial charge in [-0.3, -0.25) is 0 Å². The molecule has 0 saturated carbocycles. The highest BCUT2D eigenvalue weighted by Gasteiger charge is 2.43. The molecular formula is C12H23BO. The first-order chi connectivity index (χ1) is 6.68. The van der Waals surface area contributed by atoms with Crippen molar-refractivity contribution >= 4 is 7.28 Å². The van der Waals surface area contributed by atoms with Crippen molar-refractivity contribution < 1.29 is 4.74 Å². The maximum atomic E-state index is 5.87. The Morgan fingerprint density at radius 1 is 0.929 bits per heavy atom. The molecule has 0 aromatic carbocycles. The summed E-state index contributed by atoms with van der Waals surface area (Å²) in [6.07, 6.45) is 11.1. The second-order valence-corrected chi connectivity index (χ2v) is 5.79. The lowest BCUT2D eigenvalue weighted by Gasteiger charge is -2.35. The van der Waals surface area contributed by atoms with Gasteiger partial charge in [0, 0.05) is 12.6 Å². The maximum Gasteiger partial charge on any atom is 0.168 e. The van der Waals surface area contributed by atoms with Gasteiger partial charge >= 0.3 is 0 Å². The molecule has 2 aliphatic heterocycles. The molecule has 0 aromatic rings. The van der Waals surface area contributed by atoms with Gasteiger partial charge in [0.05, 0.1) is 0 Å². The minimum absolute atomic E-state index is 0.252. The van der Waals surface area contributed by atoms with Crippen LogP contribution in [0.2, 0.25) is 5.31 Å². The summed E-state index contributed by atoms with van der Waals surface area (Å²) in [5.41, 5.74) is 0.252. The van der Waals surface area contributed by atoms with E-state index in [0.29, 0.717) is 5.31 Å². The quantitative estimate of drug-likeness (QED) is 0.583. The third kappa shape index (κ3) is 2.00. The summed E-state index contributed by atoms with van der Waals surface area (Å²) in [6.45, 7) is 2.48. The van der Waals surface area contributed by atoms with Crippen LogP contribution in [-0.4, -0.2) is 19.9 Å². The highest BCUT2D eigenvalue weighted by molar-refractivity contribution is 6.44. The average Bonchev–Trinajstić information content (AvgIpc) is 2.45. The van der Waals surface area contributed by atoms with E-state index in [1.54, 1.807) is 0 Å². The van der Waals surface area contributed by atoms with Gasteiger partial charge in [-0.1, -0.05) is 50.8 Å². The van der Waals surface area contributed by atoms with Gasteiger partial charge in [0.15, 0.2) is 7.28 Å². The molecule has 1 nitrogen and oxygen atoms in total. The maximum absolute atomic E-state index is 5.87. The van der Waals surface area contributed by atoms with Crippen molar-refractivity contribution in [2.75, 3.05) is 7.11 Å².